The van der Waals surface area contributed by atoms with Gasteiger partial charge in [-0.15, -0.1) is 21.5 Å². The quantitative estimate of drug-likeness (QED) is 0.441. The summed E-state index contributed by atoms with van der Waals surface area (Å²) in [6.07, 6.45) is 0. The molecule has 2 heterocycles. The van der Waals surface area contributed by atoms with Crippen LogP contribution in [0.5, 0.6) is 0 Å². The Bertz CT molecular complexity index is 555. The van der Waals surface area contributed by atoms with Crippen LogP contribution < -0.4 is 11.2 Å². The van der Waals surface area contributed by atoms with E-state index in [1.807, 2.05) is 17.5 Å². The smallest absolute Gasteiger partial charge is 0.230 e. The topological polar surface area (TPSA) is 95.1 Å². The van der Waals surface area contributed by atoms with E-state index < -0.39 is 0 Å². The third-order valence-corrected chi connectivity index (χ3v) is 4.18. The Labute approximate surface area is 124 Å². The van der Waals surface area contributed by atoms with Crippen LogP contribution in [0.2, 0.25) is 0 Å². The van der Waals surface area contributed by atoms with Gasteiger partial charge in [-0.2, -0.15) is 0 Å². The summed E-state index contributed by atoms with van der Waals surface area (Å²) >= 11 is 2.78. The molecule has 2 rings (SSSR count). The van der Waals surface area contributed by atoms with Crippen molar-refractivity contribution in [1.29, 1.82) is 0 Å². The Morgan fingerprint density at radius 3 is 3.15 bits per heavy atom. The zero-order chi connectivity index (χ0) is 14.4. The lowest BCUT2D eigenvalue weighted by Gasteiger charge is -2.04. The van der Waals surface area contributed by atoms with Crippen LogP contribution in [0.1, 0.15) is 0 Å². The number of nitrogens with zero attached hydrogens (tertiary/aromatic N) is 3. The first-order valence-corrected chi connectivity index (χ1v) is 7.71. The number of aromatic nitrogens is 3. The van der Waals surface area contributed by atoms with Crippen LogP contribution in [-0.2, 0) is 9.53 Å². The van der Waals surface area contributed by atoms with Gasteiger partial charge >= 0.3 is 0 Å². The van der Waals surface area contributed by atoms with E-state index in [0.717, 1.165) is 4.88 Å². The molecule has 0 aliphatic rings. The molecule has 3 N–H and O–H groups in total. The van der Waals surface area contributed by atoms with E-state index in [2.05, 4.69) is 15.5 Å². The zero-order valence-electron chi connectivity index (χ0n) is 10.9. The van der Waals surface area contributed by atoms with E-state index in [-0.39, 0.29) is 11.7 Å². The summed E-state index contributed by atoms with van der Waals surface area (Å²) in [6.45, 7) is 0.984. The van der Waals surface area contributed by atoms with Crippen LogP contribution in [0.15, 0.2) is 22.7 Å². The van der Waals surface area contributed by atoms with Crippen molar-refractivity contribution in [2.75, 3.05) is 31.9 Å². The van der Waals surface area contributed by atoms with Gasteiger partial charge in [0.25, 0.3) is 0 Å². The van der Waals surface area contributed by atoms with Crippen molar-refractivity contribution in [2.24, 2.45) is 0 Å². The molecule has 0 saturated heterocycles. The largest absolute Gasteiger partial charge is 0.383 e. The molecule has 0 fully saturated rings. The van der Waals surface area contributed by atoms with E-state index in [4.69, 9.17) is 10.6 Å². The summed E-state index contributed by atoms with van der Waals surface area (Å²) in [7, 11) is 1.59. The Morgan fingerprint density at radius 2 is 2.45 bits per heavy atom. The van der Waals surface area contributed by atoms with Gasteiger partial charge < -0.3 is 15.9 Å². The molecule has 20 heavy (non-hydrogen) atoms. The van der Waals surface area contributed by atoms with Crippen molar-refractivity contribution in [1.82, 2.24) is 20.2 Å². The fraction of sp³-hybridized carbons (Fsp3) is 0.364. The number of rotatable bonds is 7. The first-order chi connectivity index (χ1) is 9.72. The number of thiophene rings is 1. The number of nitrogens with two attached hydrogens (primary N) is 1. The van der Waals surface area contributed by atoms with Crippen LogP contribution in [0.3, 0.4) is 0 Å². The van der Waals surface area contributed by atoms with E-state index in [0.29, 0.717) is 24.1 Å². The third kappa shape index (κ3) is 3.71. The van der Waals surface area contributed by atoms with Gasteiger partial charge in [-0.3, -0.25) is 4.79 Å². The molecule has 108 valence electrons. The van der Waals surface area contributed by atoms with Crippen LogP contribution in [0.4, 0.5) is 0 Å². The molecule has 0 radical (unpaired) electrons. The summed E-state index contributed by atoms with van der Waals surface area (Å²) < 4.78 is 6.25. The van der Waals surface area contributed by atoms with Gasteiger partial charge in [0.1, 0.15) is 0 Å². The third-order valence-electron chi connectivity index (χ3n) is 2.37. The molecular formula is C11H15N5O2S2. The lowest BCUT2D eigenvalue weighted by Crippen LogP contribution is -2.28. The van der Waals surface area contributed by atoms with Crippen LogP contribution in [-0.4, -0.2) is 46.8 Å². The first-order valence-electron chi connectivity index (χ1n) is 5.85. The fourth-order valence-electron chi connectivity index (χ4n) is 1.42. The second-order valence-electron chi connectivity index (χ2n) is 3.78. The van der Waals surface area contributed by atoms with E-state index in [1.54, 1.807) is 7.11 Å². The summed E-state index contributed by atoms with van der Waals surface area (Å²) in [5.74, 6) is 6.68. The van der Waals surface area contributed by atoms with Crippen LogP contribution in [0, 0.1) is 0 Å². The molecule has 2 aromatic heterocycles. The molecule has 7 nitrogen and oxygen atoms in total. The number of methoxy groups -OCH3 is 1. The Hall–Kier alpha value is -1.58. The summed E-state index contributed by atoms with van der Waals surface area (Å²) in [4.78, 5) is 12.5. The maximum atomic E-state index is 11.6. The van der Waals surface area contributed by atoms with Crippen molar-refractivity contribution in [3.05, 3.63) is 17.5 Å². The van der Waals surface area contributed by atoms with Crippen molar-refractivity contribution >= 4 is 29.0 Å². The second kappa shape index (κ2) is 7.27. The van der Waals surface area contributed by atoms with Gasteiger partial charge in [0, 0.05) is 13.7 Å². The minimum absolute atomic E-state index is 0.0901. The van der Waals surface area contributed by atoms with Crippen LogP contribution in [0.25, 0.3) is 10.7 Å². The average molecular weight is 313 g/mol. The van der Waals surface area contributed by atoms with E-state index >= 15 is 0 Å². The predicted molar refractivity (Wildman–Crippen MR) is 79.1 cm³/mol. The number of carbonyl (C=O) groups excluding carboxylic acids is 1. The number of nitrogens with one attached hydrogen (secondary N) is 1. The highest BCUT2D eigenvalue weighted by Crippen LogP contribution is 2.24. The molecule has 0 unspecified atom stereocenters. The van der Waals surface area contributed by atoms with E-state index in [9.17, 15) is 4.79 Å². The number of carbonyl (C=O) groups is 1. The lowest BCUT2D eigenvalue weighted by molar-refractivity contribution is -0.118. The van der Waals surface area contributed by atoms with Crippen molar-refractivity contribution in [2.45, 2.75) is 5.16 Å². The Kier molecular flexibility index (Phi) is 5.39. The van der Waals surface area contributed by atoms with Gasteiger partial charge in [0.05, 0.1) is 17.2 Å². The molecule has 0 bridgehead atoms. The standard InChI is InChI=1S/C11H15N5O2S2/c1-18-5-4-13-9(17)7-20-11-15-14-10(16(11)12)8-3-2-6-19-8/h2-3,6H,4-5,7,12H2,1H3,(H,13,17). The summed E-state index contributed by atoms with van der Waals surface area (Å²) in [5, 5.41) is 13.2. The summed E-state index contributed by atoms with van der Waals surface area (Å²) in [5.41, 5.74) is 0. The number of nitrogen functional groups attached to an aromatic ring is 1. The Morgan fingerprint density at radius 1 is 1.60 bits per heavy atom. The molecular weight excluding hydrogens is 298 g/mol. The van der Waals surface area contributed by atoms with Gasteiger partial charge in [0.2, 0.25) is 11.1 Å². The van der Waals surface area contributed by atoms with Crippen molar-refractivity contribution < 1.29 is 9.53 Å². The average Bonchev–Trinajstić information content (AvgIpc) is 3.06. The van der Waals surface area contributed by atoms with Crippen molar-refractivity contribution in [3.63, 3.8) is 0 Å². The molecule has 1 amide bonds. The predicted octanol–water partition coefficient (Wildman–Crippen LogP) is 0.575. The lowest BCUT2D eigenvalue weighted by atomic mass is 10.4. The number of thioether (sulfide) groups is 1. The minimum Gasteiger partial charge on any atom is -0.383 e. The zero-order valence-corrected chi connectivity index (χ0v) is 12.5. The molecule has 9 heteroatoms. The van der Waals surface area contributed by atoms with E-state index in [1.165, 1.54) is 27.8 Å². The highest BCUT2D eigenvalue weighted by atomic mass is 32.2. The molecule has 2 aromatic rings. The second-order valence-corrected chi connectivity index (χ2v) is 5.68. The van der Waals surface area contributed by atoms with Crippen molar-refractivity contribution in [3.8, 4) is 10.7 Å². The van der Waals surface area contributed by atoms with Gasteiger partial charge in [-0.25, -0.2) is 4.68 Å². The molecule has 0 aromatic carbocycles. The van der Waals surface area contributed by atoms with Gasteiger partial charge in [-0.1, -0.05) is 17.8 Å². The SMILES string of the molecule is COCCNC(=O)CSc1nnc(-c2cccs2)n1N. The molecule has 0 spiro atoms. The number of hydrogen-bond donors (Lipinski definition) is 2. The molecule has 0 atom stereocenters. The van der Waals surface area contributed by atoms with Crippen LogP contribution >= 0.6 is 23.1 Å². The monoisotopic (exact) mass is 313 g/mol. The summed E-state index contributed by atoms with van der Waals surface area (Å²) in [6, 6.07) is 3.84. The number of amides is 1. The molecule has 0 saturated carbocycles. The molecule has 0 aliphatic carbocycles. The first kappa shape index (κ1) is 14.8. The minimum atomic E-state index is -0.0901. The maximum Gasteiger partial charge on any atom is 0.230 e. The van der Waals surface area contributed by atoms with Gasteiger partial charge in [0.15, 0.2) is 5.82 Å². The highest BCUT2D eigenvalue weighted by molar-refractivity contribution is 7.99. The normalized spacial score (nSPS) is 10.7. The number of hydrogen-bond acceptors (Lipinski definition) is 7. The Balaban J connectivity index is 1.89. The van der Waals surface area contributed by atoms with Gasteiger partial charge in [-0.05, 0) is 11.4 Å². The highest BCUT2D eigenvalue weighted by Gasteiger charge is 2.14. The fourth-order valence-corrected chi connectivity index (χ4v) is 2.81. The number of ether oxygens (including phenoxy) is 1. The maximum absolute atomic E-state index is 11.6. The molecule has 0 aliphatic heterocycles.